The lowest BCUT2D eigenvalue weighted by atomic mass is 10.0. The first-order valence-corrected chi connectivity index (χ1v) is 5.74. The summed E-state index contributed by atoms with van der Waals surface area (Å²) in [6, 6.07) is 5.86. The number of hydrogen-bond donors (Lipinski definition) is 2. The molecule has 0 bridgehead atoms. The van der Waals surface area contributed by atoms with Crippen molar-refractivity contribution in [2.24, 2.45) is 0 Å². The zero-order valence-corrected chi connectivity index (χ0v) is 10.3. The van der Waals surface area contributed by atoms with Gasteiger partial charge in [-0.25, -0.2) is 0 Å². The van der Waals surface area contributed by atoms with E-state index in [4.69, 9.17) is 9.84 Å². The molecule has 1 aromatic rings. The number of rotatable bonds is 6. The van der Waals surface area contributed by atoms with Crippen molar-refractivity contribution in [2.45, 2.75) is 19.8 Å². The van der Waals surface area contributed by atoms with Gasteiger partial charge in [0.1, 0.15) is 5.75 Å². The molecule has 0 fully saturated rings. The van der Waals surface area contributed by atoms with Gasteiger partial charge >= 0.3 is 0 Å². The van der Waals surface area contributed by atoms with Crippen molar-refractivity contribution < 1.29 is 14.6 Å². The smallest absolute Gasteiger partial charge is 0.224 e. The van der Waals surface area contributed by atoms with E-state index in [9.17, 15) is 4.79 Å². The Labute approximate surface area is 102 Å². The lowest BCUT2D eigenvalue weighted by Gasteiger charge is -2.10. The van der Waals surface area contributed by atoms with Crippen molar-refractivity contribution in [3.05, 3.63) is 29.3 Å². The van der Waals surface area contributed by atoms with Crippen LogP contribution in [0, 0.1) is 0 Å². The SMILES string of the molecule is CCc1ccc(OC)c(CC(=O)NCCO)c1. The molecule has 0 aliphatic heterocycles. The average molecular weight is 237 g/mol. The fraction of sp³-hybridized carbons (Fsp3) is 0.462. The van der Waals surface area contributed by atoms with Crippen molar-refractivity contribution in [1.82, 2.24) is 5.32 Å². The van der Waals surface area contributed by atoms with Crippen LogP contribution in [0.1, 0.15) is 18.1 Å². The molecule has 17 heavy (non-hydrogen) atoms. The minimum Gasteiger partial charge on any atom is -0.496 e. The Morgan fingerprint density at radius 2 is 2.24 bits per heavy atom. The Balaban J connectivity index is 2.76. The van der Waals surface area contributed by atoms with Crippen LogP contribution in [0.2, 0.25) is 0 Å². The second kappa shape index (κ2) is 6.91. The van der Waals surface area contributed by atoms with Crippen LogP contribution in [-0.2, 0) is 17.6 Å². The molecule has 0 saturated carbocycles. The largest absolute Gasteiger partial charge is 0.496 e. The number of aliphatic hydroxyl groups is 1. The number of hydrogen-bond acceptors (Lipinski definition) is 3. The van der Waals surface area contributed by atoms with E-state index >= 15 is 0 Å². The predicted molar refractivity (Wildman–Crippen MR) is 66.2 cm³/mol. The molecule has 4 heteroatoms. The first kappa shape index (κ1) is 13.5. The molecule has 2 N–H and O–H groups in total. The molecule has 0 spiro atoms. The molecule has 0 aromatic heterocycles. The van der Waals surface area contributed by atoms with Gasteiger partial charge in [-0.1, -0.05) is 19.1 Å². The molecule has 4 nitrogen and oxygen atoms in total. The van der Waals surface area contributed by atoms with Gasteiger partial charge in [0.2, 0.25) is 5.91 Å². The first-order valence-electron chi connectivity index (χ1n) is 5.74. The van der Waals surface area contributed by atoms with Crippen LogP contribution in [-0.4, -0.2) is 31.3 Å². The van der Waals surface area contributed by atoms with E-state index in [2.05, 4.69) is 12.2 Å². The Kier molecular flexibility index (Phi) is 5.49. The van der Waals surface area contributed by atoms with E-state index in [1.54, 1.807) is 7.11 Å². The van der Waals surface area contributed by atoms with E-state index in [0.29, 0.717) is 0 Å². The molecular formula is C13H19NO3. The van der Waals surface area contributed by atoms with Gasteiger partial charge in [0.25, 0.3) is 0 Å². The third-order valence-electron chi connectivity index (χ3n) is 2.54. The highest BCUT2D eigenvalue weighted by Crippen LogP contribution is 2.20. The van der Waals surface area contributed by atoms with Crippen molar-refractivity contribution in [3.63, 3.8) is 0 Å². The Bertz CT molecular complexity index is 377. The summed E-state index contributed by atoms with van der Waals surface area (Å²) in [5.74, 6) is 0.618. The third kappa shape index (κ3) is 4.07. The van der Waals surface area contributed by atoms with Crippen molar-refractivity contribution in [3.8, 4) is 5.75 Å². The van der Waals surface area contributed by atoms with Crippen LogP contribution >= 0.6 is 0 Å². The monoisotopic (exact) mass is 237 g/mol. The fourth-order valence-electron chi connectivity index (χ4n) is 1.62. The Hall–Kier alpha value is -1.55. The summed E-state index contributed by atoms with van der Waals surface area (Å²) < 4.78 is 5.22. The highest BCUT2D eigenvalue weighted by Gasteiger charge is 2.08. The number of amides is 1. The maximum Gasteiger partial charge on any atom is 0.224 e. The first-order chi connectivity index (χ1) is 8.21. The summed E-state index contributed by atoms with van der Waals surface area (Å²) in [7, 11) is 1.59. The zero-order valence-electron chi connectivity index (χ0n) is 10.3. The quantitative estimate of drug-likeness (QED) is 0.773. The molecule has 0 radical (unpaired) electrons. The summed E-state index contributed by atoms with van der Waals surface area (Å²) in [4.78, 5) is 11.6. The third-order valence-corrected chi connectivity index (χ3v) is 2.54. The molecule has 0 aliphatic carbocycles. The van der Waals surface area contributed by atoms with Crippen LogP contribution in [0.25, 0.3) is 0 Å². The molecule has 0 saturated heterocycles. The molecular weight excluding hydrogens is 218 g/mol. The van der Waals surface area contributed by atoms with E-state index in [0.717, 1.165) is 17.7 Å². The minimum absolute atomic E-state index is 0.0438. The van der Waals surface area contributed by atoms with Crippen LogP contribution in [0.5, 0.6) is 5.75 Å². The highest BCUT2D eigenvalue weighted by molar-refractivity contribution is 5.79. The molecule has 0 aliphatic rings. The predicted octanol–water partition coefficient (Wildman–Crippen LogP) is 0.909. The Morgan fingerprint density at radius 3 is 2.82 bits per heavy atom. The second-order valence-electron chi connectivity index (χ2n) is 3.75. The van der Waals surface area contributed by atoms with Gasteiger partial charge in [0, 0.05) is 12.1 Å². The van der Waals surface area contributed by atoms with Crippen LogP contribution in [0.4, 0.5) is 0 Å². The number of carbonyl (C=O) groups is 1. The normalized spacial score (nSPS) is 10.1. The molecule has 94 valence electrons. The van der Waals surface area contributed by atoms with Gasteiger partial charge in [0.15, 0.2) is 0 Å². The minimum atomic E-state index is -0.106. The summed E-state index contributed by atoms with van der Waals surface area (Å²) in [6.45, 7) is 2.31. The molecule has 1 aromatic carbocycles. The topological polar surface area (TPSA) is 58.6 Å². The van der Waals surface area contributed by atoms with E-state index < -0.39 is 0 Å². The average Bonchev–Trinajstić information content (AvgIpc) is 2.36. The number of methoxy groups -OCH3 is 1. The maximum atomic E-state index is 11.6. The highest BCUT2D eigenvalue weighted by atomic mass is 16.5. The molecule has 0 atom stereocenters. The summed E-state index contributed by atoms with van der Waals surface area (Å²) in [6.07, 6.45) is 1.20. The van der Waals surface area contributed by atoms with Gasteiger partial charge in [-0.15, -0.1) is 0 Å². The summed E-state index contributed by atoms with van der Waals surface area (Å²) in [5.41, 5.74) is 2.05. The van der Waals surface area contributed by atoms with Gasteiger partial charge in [0.05, 0.1) is 20.1 Å². The van der Waals surface area contributed by atoms with E-state index in [-0.39, 0.29) is 25.5 Å². The van der Waals surface area contributed by atoms with Gasteiger partial charge in [-0.05, 0) is 18.1 Å². The lowest BCUT2D eigenvalue weighted by Crippen LogP contribution is -2.28. The maximum absolute atomic E-state index is 11.6. The number of aliphatic hydroxyl groups excluding tert-OH is 1. The molecule has 0 heterocycles. The number of ether oxygens (including phenoxy) is 1. The van der Waals surface area contributed by atoms with Gasteiger partial charge in [-0.3, -0.25) is 4.79 Å². The Morgan fingerprint density at radius 1 is 1.47 bits per heavy atom. The summed E-state index contributed by atoms with van der Waals surface area (Å²) in [5, 5.41) is 11.2. The summed E-state index contributed by atoms with van der Waals surface area (Å²) >= 11 is 0. The van der Waals surface area contributed by atoms with Crippen LogP contribution < -0.4 is 10.1 Å². The van der Waals surface area contributed by atoms with Gasteiger partial charge in [-0.2, -0.15) is 0 Å². The van der Waals surface area contributed by atoms with Crippen LogP contribution in [0.15, 0.2) is 18.2 Å². The van der Waals surface area contributed by atoms with Crippen molar-refractivity contribution in [2.75, 3.05) is 20.3 Å². The number of nitrogens with one attached hydrogen (secondary N) is 1. The second-order valence-corrected chi connectivity index (χ2v) is 3.75. The van der Waals surface area contributed by atoms with Crippen molar-refractivity contribution in [1.29, 1.82) is 0 Å². The van der Waals surface area contributed by atoms with Crippen molar-refractivity contribution >= 4 is 5.91 Å². The number of carbonyl (C=O) groups excluding carboxylic acids is 1. The molecule has 1 amide bonds. The number of aryl methyl sites for hydroxylation is 1. The van der Waals surface area contributed by atoms with Gasteiger partial charge < -0.3 is 15.2 Å². The number of benzene rings is 1. The zero-order chi connectivity index (χ0) is 12.7. The lowest BCUT2D eigenvalue weighted by molar-refractivity contribution is -0.120. The molecule has 1 rings (SSSR count). The van der Waals surface area contributed by atoms with E-state index in [1.807, 2.05) is 18.2 Å². The fourth-order valence-corrected chi connectivity index (χ4v) is 1.62. The van der Waals surface area contributed by atoms with Crippen LogP contribution in [0.3, 0.4) is 0 Å². The molecule has 0 unspecified atom stereocenters. The standard InChI is InChI=1S/C13H19NO3/c1-3-10-4-5-12(17-2)11(8-10)9-13(16)14-6-7-15/h4-5,8,15H,3,6-7,9H2,1-2H3,(H,14,16). The van der Waals surface area contributed by atoms with E-state index in [1.165, 1.54) is 5.56 Å².